The van der Waals surface area contributed by atoms with Crippen LogP contribution in [0.5, 0.6) is 5.75 Å². The molecule has 3 heterocycles. The number of aromatic nitrogens is 4. The van der Waals surface area contributed by atoms with Gasteiger partial charge in [0.2, 0.25) is 5.95 Å². The molecule has 8 heteroatoms. The van der Waals surface area contributed by atoms with Crippen LogP contribution in [0.15, 0.2) is 17.2 Å². The van der Waals surface area contributed by atoms with Crippen LogP contribution in [0.1, 0.15) is 60.4 Å². The van der Waals surface area contributed by atoms with Gasteiger partial charge in [-0.05, 0) is 32.6 Å². The van der Waals surface area contributed by atoms with Crippen molar-refractivity contribution in [2.75, 3.05) is 12.8 Å². The molecule has 3 aromatic heterocycles. The number of methoxy groups -OCH3 is 1. The van der Waals surface area contributed by atoms with E-state index < -0.39 is 0 Å². The van der Waals surface area contributed by atoms with Crippen molar-refractivity contribution in [2.24, 2.45) is 0 Å². The first kappa shape index (κ1) is 20.6. The zero-order valence-electron chi connectivity index (χ0n) is 17.5. The molecule has 0 aromatic carbocycles. The molecule has 2 N–H and O–H groups in total. The van der Waals surface area contributed by atoms with Gasteiger partial charge in [0.05, 0.1) is 19.3 Å². The fraction of sp³-hybridized carbons (Fsp3) is 0.455. The molecule has 1 saturated carbocycles. The van der Waals surface area contributed by atoms with E-state index in [-0.39, 0.29) is 22.4 Å². The molecule has 0 aliphatic heterocycles. The summed E-state index contributed by atoms with van der Waals surface area (Å²) >= 11 is 6.37. The first-order chi connectivity index (χ1) is 14.4. The maximum absolute atomic E-state index is 13.3. The highest BCUT2D eigenvalue weighted by Crippen LogP contribution is 2.33. The van der Waals surface area contributed by atoms with E-state index in [2.05, 4.69) is 15.0 Å². The fourth-order valence-electron chi connectivity index (χ4n) is 4.49. The largest absolute Gasteiger partial charge is 0.496 e. The molecule has 0 bridgehead atoms. The van der Waals surface area contributed by atoms with E-state index in [1.165, 1.54) is 6.42 Å². The van der Waals surface area contributed by atoms with Crippen molar-refractivity contribution in [2.45, 2.75) is 58.4 Å². The van der Waals surface area contributed by atoms with Gasteiger partial charge in [-0.3, -0.25) is 9.78 Å². The summed E-state index contributed by atoms with van der Waals surface area (Å²) in [6, 6.07) is 0. The molecule has 1 fully saturated rings. The van der Waals surface area contributed by atoms with Crippen molar-refractivity contribution in [3.63, 3.8) is 0 Å². The number of fused-ring (bicyclic) bond motifs is 1. The number of nitrogens with zero attached hydrogens (tertiary/aromatic N) is 4. The zero-order valence-corrected chi connectivity index (χ0v) is 18.3. The van der Waals surface area contributed by atoms with Gasteiger partial charge in [0.1, 0.15) is 16.3 Å². The molecule has 4 rings (SSSR count). The lowest BCUT2D eigenvalue weighted by Crippen LogP contribution is -2.22. The van der Waals surface area contributed by atoms with Crippen LogP contribution in [0.25, 0.3) is 11.0 Å². The van der Waals surface area contributed by atoms with Crippen LogP contribution < -0.4 is 15.9 Å². The van der Waals surface area contributed by atoms with Crippen LogP contribution in [0.3, 0.4) is 0 Å². The third-order valence-corrected chi connectivity index (χ3v) is 6.31. The number of nitrogens with two attached hydrogens (primary N) is 1. The molecule has 7 nitrogen and oxygen atoms in total. The summed E-state index contributed by atoms with van der Waals surface area (Å²) in [6.07, 6.45) is 9.19. The third kappa shape index (κ3) is 3.62. The number of hydrogen-bond acceptors (Lipinski definition) is 6. The van der Waals surface area contributed by atoms with Crippen molar-refractivity contribution in [1.82, 2.24) is 19.5 Å². The number of aryl methyl sites for hydroxylation is 1. The molecule has 1 aliphatic rings. The van der Waals surface area contributed by atoms with Crippen molar-refractivity contribution in [1.29, 1.82) is 0 Å². The molecule has 0 amide bonds. The maximum atomic E-state index is 13.3. The minimum absolute atomic E-state index is 0.0391. The number of nitrogen functional groups attached to an aromatic ring is 1. The van der Waals surface area contributed by atoms with Crippen LogP contribution in [0, 0.1) is 13.8 Å². The molecular weight excluding hydrogens is 402 g/mol. The molecule has 0 radical (unpaired) electrons. The van der Waals surface area contributed by atoms with Crippen molar-refractivity contribution >= 4 is 28.6 Å². The summed E-state index contributed by atoms with van der Waals surface area (Å²) in [5.74, 6) is 1.07. The Labute approximate surface area is 180 Å². The Morgan fingerprint density at radius 3 is 2.67 bits per heavy atom. The minimum atomic E-state index is -0.0932. The van der Waals surface area contributed by atoms with Crippen LogP contribution in [0.2, 0.25) is 5.15 Å². The zero-order chi connectivity index (χ0) is 21.4. The van der Waals surface area contributed by atoms with E-state index >= 15 is 0 Å². The number of halogens is 1. The smallest absolute Gasteiger partial charge is 0.223 e. The van der Waals surface area contributed by atoms with E-state index in [9.17, 15) is 4.79 Å². The van der Waals surface area contributed by atoms with Gasteiger partial charge in [0, 0.05) is 29.1 Å². The average molecular weight is 428 g/mol. The van der Waals surface area contributed by atoms with Crippen LogP contribution in [-0.4, -0.2) is 26.6 Å². The number of ether oxygens (including phenoxy) is 1. The summed E-state index contributed by atoms with van der Waals surface area (Å²) < 4.78 is 7.48. The Balaban J connectivity index is 1.92. The summed E-state index contributed by atoms with van der Waals surface area (Å²) in [7, 11) is 1.66. The molecule has 158 valence electrons. The number of pyridine rings is 2. The Morgan fingerprint density at radius 2 is 1.97 bits per heavy atom. The molecule has 0 spiro atoms. The predicted octanol–water partition coefficient (Wildman–Crippen LogP) is 4.14. The Morgan fingerprint density at radius 1 is 1.23 bits per heavy atom. The van der Waals surface area contributed by atoms with Crippen molar-refractivity contribution < 1.29 is 4.74 Å². The second kappa shape index (κ2) is 8.22. The lowest BCUT2D eigenvalue weighted by atomic mass is 9.84. The normalized spacial score (nSPS) is 14.9. The van der Waals surface area contributed by atoms with Gasteiger partial charge in [-0.2, -0.15) is 4.98 Å². The van der Waals surface area contributed by atoms with E-state index in [1.54, 1.807) is 13.3 Å². The molecular formula is C22H26ClN5O2. The van der Waals surface area contributed by atoms with Crippen molar-refractivity contribution in [3.05, 3.63) is 50.2 Å². The molecule has 0 saturated heterocycles. The first-order valence-electron chi connectivity index (χ1n) is 10.3. The standard InChI is InChI=1S/C22H26ClN5O2/c1-12-9-25-16(13(2)19(12)30-3)11-28-10-15(14-7-5-4-6-8-14)18(29)17-20(23)26-22(24)27-21(17)28/h9-10,14H,4-8,11H2,1-3H3,(H2,24,26,27). The van der Waals surface area contributed by atoms with Crippen LogP contribution in [0.4, 0.5) is 5.95 Å². The topological polar surface area (TPSA) is 95.9 Å². The summed E-state index contributed by atoms with van der Waals surface area (Å²) in [5.41, 5.74) is 9.73. The molecule has 30 heavy (non-hydrogen) atoms. The summed E-state index contributed by atoms with van der Waals surface area (Å²) in [6.45, 7) is 4.37. The highest BCUT2D eigenvalue weighted by atomic mass is 35.5. The number of hydrogen-bond donors (Lipinski definition) is 1. The monoisotopic (exact) mass is 427 g/mol. The van der Waals surface area contributed by atoms with E-state index in [4.69, 9.17) is 22.1 Å². The molecule has 0 unspecified atom stereocenters. The average Bonchev–Trinajstić information content (AvgIpc) is 2.72. The van der Waals surface area contributed by atoms with Crippen LogP contribution >= 0.6 is 11.6 Å². The van der Waals surface area contributed by atoms with E-state index in [0.29, 0.717) is 17.6 Å². The lowest BCUT2D eigenvalue weighted by molar-refractivity contribution is 0.406. The summed E-state index contributed by atoms with van der Waals surface area (Å²) in [4.78, 5) is 26.3. The van der Waals surface area contributed by atoms with Crippen LogP contribution in [-0.2, 0) is 6.54 Å². The van der Waals surface area contributed by atoms with Gasteiger partial charge < -0.3 is 15.0 Å². The van der Waals surface area contributed by atoms with Gasteiger partial charge in [-0.25, -0.2) is 4.98 Å². The lowest BCUT2D eigenvalue weighted by Gasteiger charge is -2.23. The number of anilines is 1. The second-order valence-electron chi connectivity index (χ2n) is 7.99. The second-order valence-corrected chi connectivity index (χ2v) is 8.35. The SMILES string of the molecule is COc1c(C)cnc(Cn2cc(C3CCCCC3)c(=O)c3c(Cl)nc(N)nc32)c1C. The minimum Gasteiger partial charge on any atom is -0.496 e. The van der Waals surface area contributed by atoms with E-state index in [0.717, 1.165) is 53.8 Å². The molecule has 3 aromatic rings. The molecule has 1 aliphatic carbocycles. The molecule has 0 atom stereocenters. The fourth-order valence-corrected chi connectivity index (χ4v) is 4.75. The van der Waals surface area contributed by atoms with Gasteiger partial charge in [-0.1, -0.05) is 30.9 Å². The Bertz CT molecular complexity index is 1170. The quantitative estimate of drug-likeness (QED) is 0.628. The third-order valence-electron chi connectivity index (χ3n) is 6.03. The van der Waals surface area contributed by atoms with Gasteiger partial charge in [-0.15, -0.1) is 0 Å². The van der Waals surface area contributed by atoms with E-state index in [1.807, 2.05) is 24.6 Å². The highest BCUT2D eigenvalue weighted by Gasteiger charge is 2.23. The maximum Gasteiger partial charge on any atom is 0.223 e. The van der Waals surface area contributed by atoms with Gasteiger partial charge >= 0.3 is 0 Å². The highest BCUT2D eigenvalue weighted by molar-refractivity contribution is 6.34. The van der Waals surface area contributed by atoms with Crippen molar-refractivity contribution in [3.8, 4) is 5.75 Å². The predicted molar refractivity (Wildman–Crippen MR) is 118 cm³/mol. The first-order valence-corrected chi connectivity index (χ1v) is 10.6. The Hall–Kier alpha value is -2.67. The van der Waals surface area contributed by atoms with Gasteiger partial charge in [0.15, 0.2) is 11.1 Å². The number of rotatable bonds is 4. The Kier molecular flexibility index (Phi) is 5.64. The summed E-state index contributed by atoms with van der Waals surface area (Å²) in [5, 5.41) is 0.422. The van der Waals surface area contributed by atoms with Gasteiger partial charge in [0.25, 0.3) is 0 Å².